The lowest BCUT2D eigenvalue weighted by Gasteiger charge is -2.37. The van der Waals surface area contributed by atoms with Crippen LogP contribution in [0.3, 0.4) is 0 Å². The fourth-order valence-electron chi connectivity index (χ4n) is 3.56. The molecule has 1 unspecified atom stereocenters. The van der Waals surface area contributed by atoms with Crippen molar-refractivity contribution in [3.05, 3.63) is 29.3 Å². The number of nitrogens with zero attached hydrogens (tertiary/aromatic N) is 2. The normalized spacial score (nSPS) is 16.0. The number of ether oxygens (including phenoxy) is 3. The molecule has 0 amide bonds. The topological polar surface area (TPSA) is 67.4 Å². The van der Waals surface area contributed by atoms with E-state index in [0.717, 1.165) is 56.7 Å². The number of methoxy groups -OCH3 is 1. The Hall–Kier alpha value is -1.10. The first kappa shape index (κ1) is 27.9. The molecule has 8 heteroatoms. The van der Waals surface area contributed by atoms with E-state index in [1.165, 1.54) is 5.56 Å². The van der Waals surface area contributed by atoms with E-state index in [4.69, 9.17) is 19.2 Å². The highest BCUT2D eigenvalue weighted by Crippen LogP contribution is 2.21. The van der Waals surface area contributed by atoms with Gasteiger partial charge in [0, 0.05) is 44.9 Å². The van der Waals surface area contributed by atoms with Crippen LogP contribution in [0.25, 0.3) is 0 Å². The minimum Gasteiger partial charge on any atom is -0.491 e. The van der Waals surface area contributed by atoms with Crippen molar-refractivity contribution in [2.24, 2.45) is 10.9 Å². The number of hydrogen-bond donors (Lipinski definition) is 2. The van der Waals surface area contributed by atoms with Gasteiger partial charge in [0.05, 0.1) is 26.4 Å². The van der Waals surface area contributed by atoms with Crippen molar-refractivity contribution in [3.63, 3.8) is 0 Å². The average Bonchev–Trinajstić information content (AvgIpc) is 2.74. The summed E-state index contributed by atoms with van der Waals surface area (Å²) in [6, 6.07) is 6.70. The predicted octanol–water partition coefficient (Wildman–Crippen LogP) is 3.05. The summed E-state index contributed by atoms with van der Waals surface area (Å²) in [7, 11) is 1.68. The van der Waals surface area contributed by atoms with E-state index < -0.39 is 0 Å². The number of halogens is 1. The van der Waals surface area contributed by atoms with Gasteiger partial charge in [-0.25, -0.2) is 4.99 Å². The molecule has 1 heterocycles. The molecule has 0 bridgehead atoms. The van der Waals surface area contributed by atoms with Gasteiger partial charge in [0.15, 0.2) is 5.96 Å². The summed E-state index contributed by atoms with van der Waals surface area (Å²) in [5, 5.41) is 6.92. The summed E-state index contributed by atoms with van der Waals surface area (Å²) in [5.74, 6) is 2.26. The van der Waals surface area contributed by atoms with E-state index >= 15 is 0 Å². The first-order valence-electron chi connectivity index (χ1n) is 11.1. The Morgan fingerprint density at radius 2 is 1.94 bits per heavy atom. The van der Waals surface area contributed by atoms with Gasteiger partial charge in [0.2, 0.25) is 0 Å². The molecular weight excluding hydrogens is 507 g/mol. The highest BCUT2D eigenvalue weighted by molar-refractivity contribution is 14.0. The molecule has 1 fully saturated rings. The Morgan fingerprint density at radius 1 is 1.19 bits per heavy atom. The van der Waals surface area contributed by atoms with Gasteiger partial charge in [0.1, 0.15) is 12.4 Å². The summed E-state index contributed by atoms with van der Waals surface area (Å²) < 4.78 is 16.5. The van der Waals surface area contributed by atoms with Crippen molar-refractivity contribution in [1.82, 2.24) is 15.5 Å². The van der Waals surface area contributed by atoms with Crippen LogP contribution in [0.2, 0.25) is 0 Å². The van der Waals surface area contributed by atoms with Crippen molar-refractivity contribution in [3.8, 4) is 5.75 Å². The van der Waals surface area contributed by atoms with Crippen LogP contribution in [-0.4, -0.2) is 76.6 Å². The third-order valence-electron chi connectivity index (χ3n) is 5.28. The van der Waals surface area contributed by atoms with Gasteiger partial charge in [0.25, 0.3) is 0 Å². The van der Waals surface area contributed by atoms with Crippen LogP contribution in [-0.2, 0) is 16.0 Å². The molecule has 1 aromatic carbocycles. The SMILES string of the molecule is CCNC(=NCc1ccc(C)cc1OCCOC)NCC(C(C)C)N1CCOCC1.I. The van der Waals surface area contributed by atoms with E-state index in [1.807, 2.05) is 0 Å². The largest absolute Gasteiger partial charge is 0.491 e. The minimum atomic E-state index is 0. The monoisotopic (exact) mass is 548 g/mol. The molecule has 0 radical (unpaired) electrons. The predicted molar refractivity (Wildman–Crippen MR) is 138 cm³/mol. The molecule has 31 heavy (non-hydrogen) atoms. The number of hydrogen-bond acceptors (Lipinski definition) is 5. The minimum absolute atomic E-state index is 0. The average molecular weight is 549 g/mol. The van der Waals surface area contributed by atoms with Gasteiger partial charge in [-0.05, 0) is 31.4 Å². The van der Waals surface area contributed by atoms with Crippen molar-refractivity contribution in [2.75, 3.05) is 59.7 Å². The van der Waals surface area contributed by atoms with E-state index in [9.17, 15) is 0 Å². The second-order valence-electron chi connectivity index (χ2n) is 7.99. The Balaban J connectivity index is 0.00000480. The smallest absolute Gasteiger partial charge is 0.191 e. The fraction of sp³-hybridized carbons (Fsp3) is 0.696. The molecule has 2 N–H and O–H groups in total. The van der Waals surface area contributed by atoms with Crippen LogP contribution >= 0.6 is 24.0 Å². The molecule has 178 valence electrons. The lowest BCUT2D eigenvalue weighted by atomic mass is 10.0. The standard InChI is InChI=1S/C23H40N4O3.HI/c1-6-24-23(26-17-21(18(2)3)27-9-11-29-12-10-27)25-16-20-8-7-19(4)15-22(20)30-14-13-28-5;/h7-8,15,18,21H,6,9-14,16-17H2,1-5H3,(H2,24,25,26);1H. The van der Waals surface area contributed by atoms with Crippen molar-refractivity contribution >= 4 is 29.9 Å². The van der Waals surface area contributed by atoms with E-state index in [0.29, 0.717) is 31.7 Å². The maximum Gasteiger partial charge on any atom is 0.191 e. The number of nitrogens with one attached hydrogen (secondary N) is 2. The first-order chi connectivity index (χ1) is 14.5. The lowest BCUT2D eigenvalue weighted by Crippen LogP contribution is -2.52. The Kier molecular flexibility index (Phi) is 14.1. The Morgan fingerprint density at radius 3 is 2.58 bits per heavy atom. The fourth-order valence-corrected chi connectivity index (χ4v) is 3.56. The number of aliphatic imine (C=N–C) groups is 1. The summed E-state index contributed by atoms with van der Waals surface area (Å²) in [4.78, 5) is 7.34. The number of aryl methyl sites for hydroxylation is 1. The second kappa shape index (κ2) is 15.7. The van der Waals surface area contributed by atoms with Crippen molar-refractivity contribution < 1.29 is 14.2 Å². The molecule has 0 aliphatic carbocycles. The zero-order chi connectivity index (χ0) is 21.8. The molecular formula is C23H41IN4O3. The third-order valence-corrected chi connectivity index (χ3v) is 5.28. The molecule has 0 aromatic heterocycles. The van der Waals surface area contributed by atoms with Gasteiger partial charge < -0.3 is 24.8 Å². The van der Waals surface area contributed by atoms with Crippen LogP contribution in [0.4, 0.5) is 0 Å². The second-order valence-corrected chi connectivity index (χ2v) is 7.99. The number of benzene rings is 1. The molecule has 1 saturated heterocycles. The molecule has 7 nitrogen and oxygen atoms in total. The zero-order valence-corrected chi connectivity index (χ0v) is 22.1. The number of guanidine groups is 1. The maximum atomic E-state index is 5.91. The van der Waals surface area contributed by atoms with E-state index in [1.54, 1.807) is 7.11 Å². The Labute approximate surface area is 205 Å². The quantitative estimate of drug-likeness (QED) is 0.192. The lowest BCUT2D eigenvalue weighted by molar-refractivity contribution is 0.00752. The summed E-state index contributed by atoms with van der Waals surface area (Å²) in [5.41, 5.74) is 2.24. The zero-order valence-electron chi connectivity index (χ0n) is 19.8. The van der Waals surface area contributed by atoms with Gasteiger partial charge in [-0.3, -0.25) is 4.90 Å². The summed E-state index contributed by atoms with van der Waals surface area (Å²) >= 11 is 0. The van der Waals surface area contributed by atoms with Gasteiger partial charge in [-0.15, -0.1) is 24.0 Å². The first-order valence-corrected chi connectivity index (χ1v) is 11.1. The summed E-state index contributed by atoms with van der Waals surface area (Å²) in [6.45, 7) is 15.7. The highest BCUT2D eigenvalue weighted by atomic mass is 127. The van der Waals surface area contributed by atoms with Crippen molar-refractivity contribution in [2.45, 2.75) is 40.3 Å². The van der Waals surface area contributed by atoms with Crippen LogP contribution < -0.4 is 15.4 Å². The summed E-state index contributed by atoms with van der Waals surface area (Å²) in [6.07, 6.45) is 0. The maximum absolute atomic E-state index is 5.91. The molecule has 1 aromatic rings. The van der Waals surface area contributed by atoms with Gasteiger partial charge >= 0.3 is 0 Å². The van der Waals surface area contributed by atoms with E-state index in [2.05, 4.69) is 61.4 Å². The van der Waals surface area contributed by atoms with Crippen LogP contribution in [0.5, 0.6) is 5.75 Å². The molecule has 2 rings (SSSR count). The van der Waals surface area contributed by atoms with E-state index in [-0.39, 0.29) is 24.0 Å². The van der Waals surface area contributed by atoms with Gasteiger partial charge in [-0.2, -0.15) is 0 Å². The molecule has 1 aliphatic heterocycles. The molecule has 1 aliphatic rings. The third kappa shape index (κ3) is 9.93. The number of morpholine rings is 1. The van der Waals surface area contributed by atoms with Gasteiger partial charge in [-0.1, -0.05) is 26.0 Å². The Bertz CT molecular complexity index is 652. The van der Waals surface area contributed by atoms with Crippen molar-refractivity contribution in [1.29, 1.82) is 0 Å². The molecule has 1 atom stereocenters. The van der Waals surface area contributed by atoms with Crippen LogP contribution in [0.1, 0.15) is 31.9 Å². The molecule has 0 saturated carbocycles. The number of rotatable bonds is 11. The highest BCUT2D eigenvalue weighted by Gasteiger charge is 2.23. The molecule has 0 spiro atoms. The van der Waals surface area contributed by atoms with Crippen LogP contribution in [0.15, 0.2) is 23.2 Å². The van der Waals surface area contributed by atoms with Crippen LogP contribution in [0, 0.1) is 12.8 Å².